The van der Waals surface area contributed by atoms with E-state index in [0.29, 0.717) is 24.5 Å². The van der Waals surface area contributed by atoms with Crippen molar-refractivity contribution >= 4 is 22.6 Å². The molecule has 0 aliphatic rings. The molecule has 0 radical (unpaired) electrons. The zero-order valence-electron chi connectivity index (χ0n) is 17.2. The monoisotopic (exact) mass is 387 g/mol. The summed E-state index contributed by atoms with van der Waals surface area (Å²) in [6, 6.07) is 8.13. The lowest BCUT2D eigenvalue weighted by molar-refractivity contribution is 0.0942. The molecule has 154 valence electrons. The summed E-state index contributed by atoms with van der Waals surface area (Å²) in [6.07, 6.45) is 0.992. The van der Waals surface area contributed by atoms with Crippen molar-refractivity contribution in [1.82, 2.24) is 15.6 Å². The Hall–Kier alpha value is -2.22. The van der Waals surface area contributed by atoms with Gasteiger partial charge in [0.15, 0.2) is 0 Å². The molecule has 0 fully saturated rings. The number of rotatable bonds is 10. The first-order valence-electron chi connectivity index (χ1n) is 9.93. The number of nitrogens with one attached hydrogen (secondary N) is 3. The molecule has 1 amide bonds. The molecule has 1 aromatic carbocycles. The Kier molecular flexibility index (Phi) is 8.17. The summed E-state index contributed by atoms with van der Waals surface area (Å²) >= 11 is 0. The van der Waals surface area contributed by atoms with Crippen LogP contribution in [0, 0.1) is 6.92 Å². The largest absolute Gasteiger partial charge is 0.392 e. The Morgan fingerprint density at radius 2 is 2.04 bits per heavy atom. The highest BCUT2D eigenvalue weighted by atomic mass is 16.3. The highest BCUT2D eigenvalue weighted by molar-refractivity contribution is 6.02. The lowest BCUT2D eigenvalue weighted by Crippen LogP contribution is -2.39. The number of amides is 1. The van der Waals surface area contributed by atoms with Crippen LogP contribution in [-0.4, -0.2) is 47.4 Å². The third-order valence-electron chi connectivity index (χ3n) is 4.55. The van der Waals surface area contributed by atoms with E-state index in [0.717, 1.165) is 29.3 Å². The highest BCUT2D eigenvalue weighted by Crippen LogP contribution is 2.22. The van der Waals surface area contributed by atoms with Gasteiger partial charge in [-0.2, -0.15) is 0 Å². The van der Waals surface area contributed by atoms with Crippen LogP contribution in [0.5, 0.6) is 0 Å². The van der Waals surface area contributed by atoms with Crippen molar-refractivity contribution < 1.29 is 9.90 Å². The van der Waals surface area contributed by atoms with Crippen LogP contribution in [-0.2, 0) is 0 Å². The molecule has 3 unspecified atom stereocenters. The second-order valence-electron chi connectivity index (χ2n) is 7.42. The zero-order valence-corrected chi connectivity index (χ0v) is 17.2. The maximum Gasteiger partial charge on any atom is 0.256 e. The molecule has 6 N–H and O–H groups in total. The van der Waals surface area contributed by atoms with E-state index >= 15 is 0 Å². The minimum absolute atomic E-state index is 0.243. The van der Waals surface area contributed by atoms with Gasteiger partial charge in [-0.15, -0.1) is 0 Å². The lowest BCUT2D eigenvalue weighted by atomic mass is 10.1. The van der Waals surface area contributed by atoms with Crippen LogP contribution in [0.1, 0.15) is 49.5 Å². The van der Waals surface area contributed by atoms with Gasteiger partial charge in [0.1, 0.15) is 5.82 Å². The number of nitrogens with two attached hydrogens (primary N) is 1. The Morgan fingerprint density at radius 1 is 1.29 bits per heavy atom. The number of pyridine rings is 1. The third-order valence-corrected chi connectivity index (χ3v) is 4.55. The van der Waals surface area contributed by atoms with Crippen molar-refractivity contribution in [2.45, 2.75) is 58.8 Å². The second-order valence-corrected chi connectivity index (χ2v) is 7.42. The Bertz CT molecular complexity index is 792. The topological polar surface area (TPSA) is 112 Å². The fraction of sp³-hybridized carbons (Fsp3) is 0.524. The van der Waals surface area contributed by atoms with Crippen LogP contribution in [0.15, 0.2) is 24.3 Å². The van der Waals surface area contributed by atoms with Gasteiger partial charge >= 0.3 is 0 Å². The van der Waals surface area contributed by atoms with E-state index in [-0.39, 0.29) is 18.1 Å². The first-order valence-corrected chi connectivity index (χ1v) is 9.93. The highest BCUT2D eigenvalue weighted by Gasteiger charge is 2.16. The van der Waals surface area contributed by atoms with Crippen molar-refractivity contribution in [3.63, 3.8) is 0 Å². The van der Waals surface area contributed by atoms with Gasteiger partial charge in [-0.3, -0.25) is 4.79 Å². The zero-order chi connectivity index (χ0) is 20.7. The number of nitrogens with zero attached hydrogens (tertiary/aromatic N) is 1. The minimum atomic E-state index is -0.442. The summed E-state index contributed by atoms with van der Waals surface area (Å²) in [4.78, 5) is 17.3. The molecular weight excluding hydrogens is 354 g/mol. The van der Waals surface area contributed by atoms with Crippen molar-refractivity contribution in [2.75, 3.05) is 18.4 Å². The predicted octanol–water partition coefficient (Wildman–Crippen LogP) is 2.13. The molecule has 0 saturated heterocycles. The van der Waals surface area contributed by atoms with Gasteiger partial charge in [0, 0.05) is 24.5 Å². The summed E-state index contributed by atoms with van der Waals surface area (Å²) in [6.45, 7) is 8.84. The smallest absolute Gasteiger partial charge is 0.256 e. The Labute approximate surface area is 167 Å². The summed E-state index contributed by atoms with van der Waals surface area (Å²) in [5.41, 5.74) is 8.17. The number of aromatic nitrogens is 1. The first kappa shape index (κ1) is 22.1. The maximum atomic E-state index is 12.6. The molecule has 28 heavy (non-hydrogen) atoms. The van der Waals surface area contributed by atoms with E-state index in [1.807, 2.05) is 31.2 Å². The van der Waals surface area contributed by atoms with Crippen molar-refractivity contribution in [1.29, 1.82) is 0 Å². The number of aliphatic hydroxyl groups is 1. The molecule has 0 aliphatic heterocycles. The van der Waals surface area contributed by atoms with Crippen LogP contribution in [0.25, 0.3) is 10.9 Å². The molecular formula is C21H33N5O2. The number of anilines is 1. The number of carbonyl (C=O) groups is 1. The molecule has 0 bridgehead atoms. The van der Waals surface area contributed by atoms with Gasteiger partial charge in [-0.25, -0.2) is 4.98 Å². The fourth-order valence-corrected chi connectivity index (χ4v) is 3.04. The molecule has 7 nitrogen and oxygen atoms in total. The normalized spacial score (nSPS) is 14.5. The van der Waals surface area contributed by atoms with Crippen LogP contribution in [0.3, 0.4) is 0 Å². The van der Waals surface area contributed by atoms with E-state index in [9.17, 15) is 9.90 Å². The van der Waals surface area contributed by atoms with Crippen LogP contribution < -0.4 is 21.7 Å². The van der Waals surface area contributed by atoms with E-state index in [1.165, 1.54) is 0 Å². The minimum Gasteiger partial charge on any atom is -0.392 e. The Morgan fingerprint density at radius 3 is 2.68 bits per heavy atom. The van der Waals surface area contributed by atoms with Gasteiger partial charge in [-0.1, -0.05) is 18.6 Å². The summed E-state index contributed by atoms with van der Waals surface area (Å²) in [5, 5.41) is 19.8. The SMILES string of the molecule is CCC(CCNc1nc2ccc(C)cc2cc1C(=O)NC(C)N)NCC(C)O. The average molecular weight is 388 g/mol. The number of benzene rings is 1. The molecule has 2 rings (SSSR count). The molecule has 0 saturated carbocycles. The number of hydrogen-bond donors (Lipinski definition) is 5. The first-order chi connectivity index (χ1) is 13.3. The number of carbonyl (C=O) groups excluding carboxylic acids is 1. The van der Waals surface area contributed by atoms with E-state index in [4.69, 9.17) is 5.73 Å². The van der Waals surface area contributed by atoms with E-state index < -0.39 is 6.17 Å². The van der Waals surface area contributed by atoms with Gasteiger partial charge in [0.25, 0.3) is 5.91 Å². The summed E-state index contributed by atoms with van der Waals surface area (Å²) < 4.78 is 0. The molecule has 3 atom stereocenters. The summed E-state index contributed by atoms with van der Waals surface area (Å²) in [5.74, 6) is 0.313. The van der Waals surface area contributed by atoms with Crippen LogP contribution in [0.4, 0.5) is 5.82 Å². The fourth-order valence-electron chi connectivity index (χ4n) is 3.04. The molecule has 2 aromatic rings. The third kappa shape index (κ3) is 6.44. The van der Waals surface area contributed by atoms with E-state index in [1.54, 1.807) is 13.8 Å². The summed E-state index contributed by atoms with van der Waals surface area (Å²) in [7, 11) is 0. The number of hydrogen-bond acceptors (Lipinski definition) is 6. The van der Waals surface area contributed by atoms with Crippen LogP contribution in [0.2, 0.25) is 0 Å². The van der Waals surface area contributed by atoms with Crippen molar-refractivity contribution in [2.24, 2.45) is 5.73 Å². The van der Waals surface area contributed by atoms with Crippen molar-refractivity contribution in [3.8, 4) is 0 Å². The lowest BCUT2D eigenvalue weighted by Gasteiger charge is -2.19. The average Bonchev–Trinajstić information content (AvgIpc) is 2.63. The maximum absolute atomic E-state index is 12.6. The van der Waals surface area contributed by atoms with Gasteiger partial charge in [0.05, 0.1) is 23.3 Å². The molecule has 1 aromatic heterocycles. The molecule has 0 aliphatic carbocycles. The van der Waals surface area contributed by atoms with Gasteiger partial charge < -0.3 is 26.8 Å². The molecule has 1 heterocycles. The number of fused-ring (bicyclic) bond motifs is 1. The standard InChI is InChI=1S/C21H33N5O2/c1-5-17(24-12-14(3)27)8-9-23-20-18(21(28)25-15(4)22)11-16-10-13(2)6-7-19(16)26-20/h6-7,10-11,14-15,17,24,27H,5,8-9,12,22H2,1-4H3,(H,23,26)(H,25,28). The molecule has 7 heteroatoms. The predicted molar refractivity (Wildman–Crippen MR) is 114 cm³/mol. The Balaban J connectivity index is 2.18. The second kappa shape index (κ2) is 10.4. The number of aliphatic hydroxyl groups excluding tert-OH is 1. The van der Waals surface area contributed by atoms with Crippen LogP contribution >= 0.6 is 0 Å². The van der Waals surface area contributed by atoms with Crippen molar-refractivity contribution in [3.05, 3.63) is 35.4 Å². The van der Waals surface area contributed by atoms with Gasteiger partial charge in [0.2, 0.25) is 0 Å². The van der Waals surface area contributed by atoms with Gasteiger partial charge in [-0.05, 0) is 51.8 Å². The van der Waals surface area contributed by atoms with E-state index in [2.05, 4.69) is 27.9 Å². The number of aryl methyl sites for hydroxylation is 1. The quantitative estimate of drug-likeness (QED) is 0.399. The molecule has 0 spiro atoms.